The van der Waals surface area contributed by atoms with Gasteiger partial charge in [-0.2, -0.15) is 26.3 Å². The molecule has 0 aliphatic carbocycles. The number of aryl methyl sites for hydroxylation is 2. The number of hydrogen-bond acceptors (Lipinski definition) is 2. The average molecular weight is 479 g/mol. The van der Waals surface area contributed by atoms with Gasteiger partial charge in [0.05, 0.1) is 10.5 Å². The minimum atomic E-state index is -6.23. The van der Waals surface area contributed by atoms with E-state index in [0.717, 1.165) is 0 Å². The quantitative estimate of drug-likeness (QED) is 0.410. The molecule has 0 bridgehead atoms. The van der Waals surface area contributed by atoms with Crippen molar-refractivity contribution in [2.75, 3.05) is 5.32 Å². The average Bonchev–Trinajstić information content (AvgIpc) is 2.68. The van der Waals surface area contributed by atoms with E-state index in [-0.39, 0.29) is 22.4 Å². The zero-order valence-corrected chi connectivity index (χ0v) is 17.2. The predicted molar refractivity (Wildman–Crippen MR) is 106 cm³/mol. The number of benzene rings is 2. The Morgan fingerprint density at radius 3 is 2.00 bits per heavy atom. The zero-order chi connectivity index (χ0) is 24.1. The number of aromatic nitrogens is 1. The van der Waals surface area contributed by atoms with Crippen LogP contribution in [0.1, 0.15) is 27.0 Å². The molecule has 0 atom stereocenters. The Bertz CT molecular complexity index is 1170. The number of carbonyl (C=O) groups is 1. The van der Waals surface area contributed by atoms with Gasteiger partial charge in [-0.25, -0.2) is 4.39 Å². The molecule has 3 rings (SSSR count). The van der Waals surface area contributed by atoms with Crippen molar-refractivity contribution in [1.82, 2.24) is 4.98 Å². The van der Waals surface area contributed by atoms with E-state index in [1.54, 1.807) is 0 Å². The standard InChI is InChI=1S/C21H14ClF7N2O/c1-10-7-13(19(23,20(24,25)26)21(27,28)29)8-11(2)17(10)31-18(32)12-3-4-16-14(9-12)15(22)5-6-30-16/h3-9H,1-2H3,(H,31,32). The number of alkyl halides is 7. The molecule has 1 heterocycles. The lowest BCUT2D eigenvalue weighted by molar-refractivity contribution is -0.348. The number of amides is 1. The van der Waals surface area contributed by atoms with Crippen LogP contribution in [0.25, 0.3) is 10.9 Å². The van der Waals surface area contributed by atoms with E-state index in [4.69, 9.17) is 11.6 Å². The summed E-state index contributed by atoms with van der Waals surface area (Å²) in [7, 11) is 0. The van der Waals surface area contributed by atoms with Crippen molar-refractivity contribution < 1.29 is 35.5 Å². The molecule has 1 N–H and O–H groups in total. The van der Waals surface area contributed by atoms with Crippen molar-refractivity contribution >= 4 is 34.1 Å². The van der Waals surface area contributed by atoms with E-state index >= 15 is 0 Å². The van der Waals surface area contributed by atoms with Crippen LogP contribution in [0.3, 0.4) is 0 Å². The van der Waals surface area contributed by atoms with Gasteiger partial charge in [-0.05, 0) is 49.2 Å². The van der Waals surface area contributed by atoms with E-state index in [1.807, 2.05) is 0 Å². The number of halogens is 8. The molecule has 3 aromatic rings. The highest BCUT2D eigenvalue weighted by Crippen LogP contribution is 2.53. The molecular weight excluding hydrogens is 465 g/mol. The summed E-state index contributed by atoms with van der Waals surface area (Å²) < 4.78 is 92.8. The molecule has 0 saturated carbocycles. The van der Waals surface area contributed by atoms with Crippen LogP contribution in [0.5, 0.6) is 0 Å². The molecule has 0 fully saturated rings. The maximum absolute atomic E-state index is 14.4. The van der Waals surface area contributed by atoms with Gasteiger partial charge in [0, 0.05) is 28.4 Å². The summed E-state index contributed by atoms with van der Waals surface area (Å²) in [5, 5.41) is 3.26. The van der Waals surface area contributed by atoms with Gasteiger partial charge in [0.2, 0.25) is 0 Å². The van der Waals surface area contributed by atoms with E-state index < -0.39 is 29.5 Å². The number of nitrogens with zero attached hydrogens (tertiary/aromatic N) is 1. The van der Waals surface area contributed by atoms with Gasteiger partial charge >= 0.3 is 18.0 Å². The van der Waals surface area contributed by atoms with E-state index in [0.29, 0.717) is 28.1 Å². The number of pyridine rings is 1. The third kappa shape index (κ3) is 3.99. The first-order chi connectivity index (χ1) is 14.7. The topological polar surface area (TPSA) is 42.0 Å². The molecule has 170 valence electrons. The van der Waals surface area contributed by atoms with Crippen LogP contribution in [0.15, 0.2) is 42.6 Å². The Balaban J connectivity index is 2.00. The predicted octanol–water partition coefficient (Wildman–Crippen LogP) is 7.05. The SMILES string of the molecule is Cc1cc(C(F)(C(F)(F)F)C(F)(F)F)cc(C)c1NC(=O)c1ccc2nccc(Cl)c2c1. The third-order valence-corrected chi connectivity index (χ3v) is 5.23. The van der Waals surface area contributed by atoms with Gasteiger partial charge < -0.3 is 5.32 Å². The summed E-state index contributed by atoms with van der Waals surface area (Å²) >= 11 is 6.09. The van der Waals surface area contributed by atoms with Crippen molar-refractivity contribution in [3.8, 4) is 0 Å². The molecule has 0 spiro atoms. The van der Waals surface area contributed by atoms with Crippen LogP contribution in [0.2, 0.25) is 5.02 Å². The maximum atomic E-state index is 14.4. The second kappa shape index (κ2) is 7.91. The molecule has 11 heteroatoms. The van der Waals surface area contributed by atoms with Gasteiger partial charge in [0.25, 0.3) is 5.91 Å². The van der Waals surface area contributed by atoms with E-state index in [1.165, 1.54) is 44.3 Å². The summed E-state index contributed by atoms with van der Waals surface area (Å²) in [6.07, 6.45) is -11.0. The molecule has 3 nitrogen and oxygen atoms in total. The van der Waals surface area contributed by atoms with Crippen molar-refractivity contribution in [2.45, 2.75) is 31.9 Å². The molecule has 0 radical (unpaired) electrons. The summed E-state index contributed by atoms with van der Waals surface area (Å²) in [6.45, 7) is 2.33. The Morgan fingerprint density at radius 1 is 0.906 bits per heavy atom. The minimum absolute atomic E-state index is 0.0390. The highest BCUT2D eigenvalue weighted by Gasteiger charge is 2.73. The van der Waals surface area contributed by atoms with Crippen LogP contribution in [-0.2, 0) is 5.67 Å². The number of fused-ring (bicyclic) bond motifs is 1. The zero-order valence-electron chi connectivity index (χ0n) is 16.4. The largest absolute Gasteiger partial charge is 0.435 e. The van der Waals surface area contributed by atoms with Gasteiger partial charge in [-0.3, -0.25) is 9.78 Å². The second-order valence-electron chi connectivity index (χ2n) is 7.12. The number of nitrogens with one attached hydrogen (secondary N) is 1. The minimum Gasteiger partial charge on any atom is -0.322 e. The second-order valence-corrected chi connectivity index (χ2v) is 7.53. The van der Waals surface area contributed by atoms with Crippen LogP contribution in [0, 0.1) is 13.8 Å². The molecule has 0 unspecified atom stereocenters. The fourth-order valence-corrected chi connectivity index (χ4v) is 3.49. The summed E-state index contributed by atoms with van der Waals surface area (Å²) in [5.41, 5.74) is -6.92. The van der Waals surface area contributed by atoms with Crippen molar-refractivity contribution in [1.29, 1.82) is 0 Å². The molecule has 2 aromatic carbocycles. The first-order valence-corrected chi connectivity index (χ1v) is 9.34. The van der Waals surface area contributed by atoms with Crippen LogP contribution in [0.4, 0.5) is 36.4 Å². The van der Waals surface area contributed by atoms with Crippen molar-refractivity contribution in [3.05, 3.63) is 69.9 Å². The molecule has 0 aliphatic heterocycles. The number of hydrogen-bond donors (Lipinski definition) is 1. The molecule has 1 aromatic heterocycles. The monoisotopic (exact) mass is 478 g/mol. The summed E-state index contributed by atoms with van der Waals surface area (Å²) in [4.78, 5) is 16.8. The molecule has 0 saturated heterocycles. The van der Waals surface area contributed by atoms with Crippen molar-refractivity contribution in [2.24, 2.45) is 0 Å². The van der Waals surface area contributed by atoms with Crippen LogP contribution in [-0.4, -0.2) is 23.2 Å². The molecule has 1 amide bonds. The first-order valence-electron chi connectivity index (χ1n) is 8.96. The Hall–Kier alpha value is -2.88. The number of rotatable bonds is 3. The fourth-order valence-electron chi connectivity index (χ4n) is 3.29. The van der Waals surface area contributed by atoms with Crippen molar-refractivity contribution in [3.63, 3.8) is 0 Å². The first kappa shape index (κ1) is 23.8. The molecule has 0 aliphatic rings. The lowest BCUT2D eigenvalue weighted by Gasteiger charge is -2.31. The summed E-state index contributed by atoms with van der Waals surface area (Å²) in [6, 6.07) is 6.76. The Morgan fingerprint density at radius 2 is 1.47 bits per heavy atom. The van der Waals surface area contributed by atoms with Gasteiger partial charge in [0.1, 0.15) is 0 Å². The lowest BCUT2D eigenvalue weighted by Crippen LogP contribution is -2.50. The number of carbonyl (C=O) groups excluding carboxylic acids is 1. The Kier molecular flexibility index (Phi) is 5.88. The molecule has 32 heavy (non-hydrogen) atoms. The third-order valence-electron chi connectivity index (χ3n) is 4.90. The highest BCUT2D eigenvalue weighted by molar-refractivity contribution is 6.35. The highest BCUT2D eigenvalue weighted by atomic mass is 35.5. The maximum Gasteiger partial charge on any atom is 0.435 e. The van der Waals surface area contributed by atoms with Crippen LogP contribution >= 0.6 is 11.6 Å². The van der Waals surface area contributed by atoms with E-state index in [9.17, 15) is 35.5 Å². The van der Waals surface area contributed by atoms with E-state index in [2.05, 4.69) is 10.3 Å². The van der Waals surface area contributed by atoms with Gasteiger partial charge in [-0.15, -0.1) is 0 Å². The van der Waals surface area contributed by atoms with Gasteiger partial charge in [0.15, 0.2) is 0 Å². The number of anilines is 1. The summed E-state index contributed by atoms with van der Waals surface area (Å²) in [5.74, 6) is -0.691. The fraction of sp³-hybridized carbons (Fsp3) is 0.238. The van der Waals surface area contributed by atoms with Gasteiger partial charge in [-0.1, -0.05) is 23.7 Å². The molecular formula is C21H14ClF7N2O. The van der Waals surface area contributed by atoms with Crippen LogP contribution < -0.4 is 5.32 Å². The Labute approximate surface area is 182 Å². The lowest BCUT2D eigenvalue weighted by atomic mass is 9.90. The normalized spacial score (nSPS) is 12.8. The smallest absolute Gasteiger partial charge is 0.322 e.